The molecule has 30 heavy (non-hydrogen) atoms. The monoisotopic (exact) mass is 415 g/mol. The SMILES string of the molecule is c1ccc(CN2CCC3(CC2)Oc2ccccc2[C@H]2CC(c4cccs4)=NN23)cc1. The van der Waals surface area contributed by atoms with Gasteiger partial charge in [0.25, 0.3) is 0 Å². The van der Waals surface area contributed by atoms with Gasteiger partial charge in [-0.3, -0.25) is 4.90 Å². The van der Waals surface area contributed by atoms with Crippen molar-refractivity contribution in [3.63, 3.8) is 0 Å². The summed E-state index contributed by atoms with van der Waals surface area (Å²) in [5.41, 5.74) is 3.50. The molecule has 152 valence electrons. The Kier molecular flexibility index (Phi) is 4.39. The van der Waals surface area contributed by atoms with Crippen molar-refractivity contribution in [1.29, 1.82) is 0 Å². The van der Waals surface area contributed by atoms with E-state index in [9.17, 15) is 0 Å². The fraction of sp³-hybridized carbons (Fsp3) is 0.320. The molecule has 0 N–H and O–H groups in total. The number of piperidine rings is 1. The number of hydrogen-bond acceptors (Lipinski definition) is 5. The number of likely N-dealkylation sites (tertiary alicyclic amines) is 1. The Labute approximate surface area is 181 Å². The van der Waals surface area contributed by atoms with Crippen LogP contribution in [0.15, 0.2) is 77.2 Å². The van der Waals surface area contributed by atoms with Crippen molar-refractivity contribution in [2.24, 2.45) is 5.10 Å². The van der Waals surface area contributed by atoms with Gasteiger partial charge in [0, 0.05) is 44.5 Å². The lowest BCUT2D eigenvalue weighted by molar-refractivity contribution is -0.150. The molecule has 1 atom stereocenters. The average molecular weight is 416 g/mol. The summed E-state index contributed by atoms with van der Waals surface area (Å²) in [5, 5.41) is 9.60. The first kappa shape index (κ1) is 18.2. The standard InChI is InChI=1S/C25H25N3OS/c1-2-7-19(8-3-1)18-27-14-12-25(13-15-27)28-22(20-9-4-5-10-23(20)29-25)17-21(26-28)24-11-6-16-30-24/h1-11,16,22H,12-15,17-18H2/t22-/m1/s1. The molecule has 0 unspecified atom stereocenters. The average Bonchev–Trinajstić information content (AvgIpc) is 3.47. The predicted octanol–water partition coefficient (Wildman–Crippen LogP) is 5.28. The number of nitrogens with zero attached hydrogens (tertiary/aromatic N) is 3. The summed E-state index contributed by atoms with van der Waals surface area (Å²) in [5.74, 6) is 1.04. The van der Waals surface area contributed by atoms with Gasteiger partial charge in [0.05, 0.1) is 16.6 Å². The highest BCUT2D eigenvalue weighted by Gasteiger charge is 2.51. The second kappa shape index (κ2) is 7.25. The molecule has 3 aliphatic heterocycles. The van der Waals surface area contributed by atoms with Crippen molar-refractivity contribution in [2.45, 2.75) is 37.6 Å². The van der Waals surface area contributed by atoms with E-state index in [1.807, 2.05) is 0 Å². The molecule has 0 radical (unpaired) electrons. The normalized spacial score (nSPS) is 22.3. The maximum absolute atomic E-state index is 6.73. The van der Waals surface area contributed by atoms with Crippen molar-refractivity contribution in [3.05, 3.63) is 88.1 Å². The summed E-state index contributed by atoms with van der Waals surface area (Å²) in [6.45, 7) is 3.04. The van der Waals surface area contributed by atoms with E-state index in [2.05, 4.69) is 82.0 Å². The topological polar surface area (TPSA) is 28.1 Å². The number of hydrazone groups is 1. The molecule has 3 aliphatic rings. The zero-order valence-corrected chi connectivity index (χ0v) is 17.7. The third-order valence-electron chi connectivity index (χ3n) is 6.60. The number of hydrogen-bond donors (Lipinski definition) is 0. The first-order valence-corrected chi connectivity index (χ1v) is 11.6. The van der Waals surface area contributed by atoms with Crippen LogP contribution in [0.3, 0.4) is 0 Å². The summed E-state index contributed by atoms with van der Waals surface area (Å²) in [4.78, 5) is 3.82. The molecule has 1 spiro atoms. The molecule has 0 amide bonds. The van der Waals surface area contributed by atoms with Gasteiger partial charge in [-0.25, -0.2) is 5.01 Å². The van der Waals surface area contributed by atoms with Gasteiger partial charge in [0.15, 0.2) is 0 Å². The van der Waals surface area contributed by atoms with Crippen LogP contribution in [0.5, 0.6) is 5.75 Å². The number of para-hydroxylation sites is 1. The Hall–Kier alpha value is -2.63. The van der Waals surface area contributed by atoms with Gasteiger partial charge in [-0.15, -0.1) is 11.3 Å². The van der Waals surface area contributed by atoms with Gasteiger partial charge in [-0.1, -0.05) is 54.6 Å². The summed E-state index contributed by atoms with van der Waals surface area (Å²) < 4.78 is 6.73. The summed E-state index contributed by atoms with van der Waals surface area (Å²) in [6.07, 6.45) is 2.88. The first-order chi connectivity index (χ1) is 14.8. The first-order valence-electron chi connectivity index (χ1n) is 10.8. The van der Waals surface area contributed by atoms with E-state index in [4.69, 9.17) is 9.84 Å². The van der Waals surface area contributed by atoms with E-state index < -0.39 is 0 Å². The largest absolute Gasteiger partial charge is 0.466 e. The molecule has 6 rings (SSSR count). The van der Waals surface area contributed by atoms with E-state index in [-0.39, 0.29) is 11.8 Å². The summed E-state index contributed by atoms with van der Waals surface area (Å²) in [6, 6.07) is 23.9. The van der Waals surface area contributed by atoms with Crippen LogP contribution in [0, 0.1) is 0 Å². The molecule has 0 saturated carbocycles. The van der Waals surface area contributed by atoms with Crippen molar-refractivity contribution < 1.29 is 4.74 Å². The Morgan fingerprint density at radius 1 is 0.967 bits per heavy atom. The van der Waals surface area contributed by atoms with Crippen molar-refractivity contribution in [3.8, 4) is 5.75 Å². The number of benzene rings is 2. The van der Waals surface area contributed by atoms with Crippen LogP contribution < -0.4 is 4.74 Å². The van der Waals surface area contributed by atoms with E-state index in [1.165, 1.54) is 21.7 Å². The molecule has 1 fully saturated rings. The predicted molar refractivity (Wildman–Crippen MR) is 121 cm³/mol. The van der Waals surface area contributed by atoms with Crippen LogP contribution in [0.25, 0.3) is 0 Å². The smallest absolute Gasteiger partial charge is 0.200 e. The lowest BCUT2D eigenvalue weighted by Gasteiger charge is -2.51. The molecule has 3 aromatic rings. The quantitative estimate of drug-likeness (QED) is 0.582. The second-order valence-corrected chi connectivity index (χ2v) is 9.38. The molecule has 0 aliphatic carbocycles. The molecule has 1 saturated heterocycles. The van der Waals surface area contributed by atoms with Crippen LogP contribution in [0.2, 0.25) is 0 Å². The van der Waals surface area contributed by atoms with Gasteiger partial charge in [0.2, 0.25) is 5.72 Å². The molecular formula is C25H25N3OS. The Morgan fingerprint density at radius 2 is 1.77 bits per heavy atom. The summed E-state index contributed by atoms with van der Waals surface area (Å²) in [7, 11) is 0. The number of ether oxygens (including phenoxy) is 1. The fourth-order valence-electron chi connectivity index (χ4n) is 5.05. The highest BCUT2D eigenvalue weighted by atomic mass is 32.1. The zero-order chi connectivity index (χ0) is 20.0. The van der Waals surface area contributed by atoms with Gasteiger partial charge < -0.3 is 4.74 Å². The van der Waals surface area contributed by atoms with Crippen LogP contribution in [-0.2, 0) is 6.54 Å². The third-order valence-corrected chi connectivity index (χ3v) is 7.52. The van der Waals surface area contributed by atoms with Crippen LogP contribution in [0.4, 0.5) is 0 Å². The molecule has 0 bridgehead atoms. The Bertz CT molecular complexity index is 1060. The van der Waals surface area contributed by atoms with Gasteiger partial charge in [0.1, 0.15) is 5.75 Å². The third kappa shape index (κ3) is 3.04. The van der Waals surface area contributed by atoms with Crippen molar-refractivity contribution >= 4 is 17.0 Å². The fourth-order valence-corrected chi connectivity index (χ4v) is 5.77. The van der Waals surface area contributed by atoms with Crippen LogP contribution in [-0.4, -0.2) is 34.4 Å². The molecular weight excluding hydrogens is 390 g/mol. The molecule has 5 heteroatoms. The second-order valence-electron chi connectivity index (χ2n) is 8.44. The van der Waals surface area contributed by atoms with E-state index in [0.29, 0.717) is 0 Å². The number of thiophene rings is 1. The Balaban J connectivity index is 1.29. The van der Waals surface area contributed by atoms with Gasteiger partial charge in [-0.2, -0.15) is 5.10 Å². The Morgan fingerprint density at radius 3 is 2.57 bits per heavy atom. The lowest BCUT2D eigenvalue weighted by Crippen LogP contribution is -2.59. The molecule has 1 aromatic heterocycles. The highest BCUT2D eigenvalue weighted by Crippen LogP contribution is 2.50. The maximum Gasteiger partial charge on any atom is 0.200 e. The minimum atomic E-state index is -0.342. The number of fused-ring (bicyclic) bond motifs is 4. The zero-order valence-electron chi connectivity index (χ0n) is 16.9. The molecule has 4 heterocycles. The summed E-state index contributed by atoms with van der Waals surface area (Å²) >= 11 is 1.78. The maximum atomic E-state index is 6.73. The minimum Gasteiger partial charge on any atom is -0.466 e. The molecule has 2 aromatic carbocycles. The molecule has 4 nitrogen and oxygen atoms in total. The van der Waals surface area contributed by atoms with E-state index >= 15 is 0 Å². The van der Waals surface area contributed by atoms with Crippen LogP contribution in [0.1, 0.15) is 41.3 Å². The van der Waals surface area contributed by atoms with Gasteiger partial charge >= 0.3 is 0 Å². The van der Waals surface area contributed by atoms with E-state index in [0.717, 1.165) is 44.6 Å². The highest BCUT2D eigenvalue weighted by molar-refractivity contribution is 7.12. The van der Waals surface area contributed by atoms with Gasteiger partial charge in [-0.05, 0) is 23.1 Å². The lowest BCUT2D eigenvalue weighted by atomic mass is 9.91. The number of rotatable bonds is 3. The van der Waals surface area contributed by atoms with E-state index in [1.54, 1.807) is 11.3 Å². The van der Waals surface area contributed by atoms with Crippen molar-refractivity contribution in [2.75, 3.05) is 13.1 Å². The van der Waals surface area contributed by atoms with Crippen LogP contribution >= 0.6 is 11.3 Å². The minimum absolute atomic E-state index is 0.271. The van der Waals surface area contributed by atoms with Crippen molar-refractivity contribution in [1.82, 2.24) is 9.91 Å².